The molecule has 0 aliphatic carbocycles. The van der Waals surface area contributed by atoms with Crippen LogP contribution in [0.2, 0.25) is 0 Å². The summed E-state index contributed by atoms with van der Waals surface area (Å²) in [5.41, 5.74) is 0. The Hall–Kier alpha value is 0.650. The van der Waals surface area contributed by atoms with E-state index >= 15 is 0 Å². The molecule has 1 unspecified atom stereocenters. The highest BCUT2D eigenvalue weighted by atomic mass is 35.5. The van der Waals surface area contributed by atoms with Gasteiger partial charge in [0.05, 0.1) is 0 Å². The normalized spacial score (nSPS) is 14.5. The van der Waals surface area contributed by atoms with E-state index in [4.69, 9.17) is 23.4 Å². The summed E-state index contributed by atoms with van der Waals surface area (Å²) >= 11 is 7.85. The summed E-state index contributed by atoms with van der Waals surface area (Å²) in [6.07, 6.45) is 0. The van der Waals surface area contributed by atoms with Gasteiger partial charge in [-0.15, -0.1) is 15.4 Å². The van der Waals surface area contributed by atoms with E-state index in [2.05, 4.69) is 0 Å². The van der Waals surface area contributed by atoms with Crippen LogP contribution in [0.4, 0.5) is 0 Å². The lowest BCUT2D eigenvalue weighted by Crippen LogP contribution is -2.16. The zero-order valence-corrected chi connectivity index (χ0v) is 6.17. The average Bonchev–Trinajstić information content (AvgIpc) is 1.67. The minimum Gasteiger partial charge on any atom is -0.759 e. The number of alkyl halides is 1. The largest absolute Gasteiger partial charge is 0.759 e. The van der Waals surface area contributed by atoms with E-state index in [0.717, 1.165) is 0 Å². The molecule has 0 fully saturated rings. The molecule has 0 radical (unpaired) electrons. The van der Waals surface area contributed by atoms with Crippen LogP contribution >= 0.6 is 23.4 Å². The molecule has 0 saturated heterocycles. The lowest BCUT2D eigenvalue weighted by Gasteiger charge is -2.12. The van der Waals surface area contributed by atoms with Crippen molar-refractivity contribution in [2.45, 2.75) is 0 Å². The van der Waals surface area contributed by atoms with Gasteiger partial charge in [-0.25, -0.2) is 0 Å². The first-order chi connectivity index (χ1) is 3.68. The number of halogens is 2. The predicted octanol–water partition coefficient (Wildman–Crippen LogP) is 0.475. The standard InChI is InChI=1S/C2H5Cl2NO2S/c3-1-2-5(4)8(6)7/h1-2H2,(H,6,7)/p-1. The molecule has 1 atom stereocenters. The Labute approximate surface area is 60.1 Å². The minimum atomic E-state index is -2.35. The lowest BCUT2D eigenvalue weighted by molar-refractivity contribution is 0.491. The van der Waals surface area contributed by atoms with Crippen molar-refractivity contribution < 1.29 is 8.76 Å². The fraction of sp³-hybridized carbons (Fsp3) is 1.00. The highest BCUT2D eigenvalue weighted by Crippen LogP contribution is 1.95. The SMILES string of the molecule is O=S([O-])N(Cl)CCCl. The smallest absolute Gasteiger partial charge is 0.0402 e. The Morgan fingerprint density at radius 2 is 2.25 bits per heavy atom. The van der Waals surface area contributed by atoms with Crippen LogP contribution in [0, 0.1) is 0 Å². The highest BCUT2D eigenvalue weighted by molar-refractivity contribution is 7.77. The molecule has 3 nitrogen and oxygen atoms in total. The molecule has 0 rings (SSSR count). The van der Waals surface area contributed by atoms with E-state index in [1.807, 2.05) is 0 Å². The molecule has 0 aliphatic heterocycles. The van der Waals surface area contributed by atoms with Crippen molar-refractivity contribution in [3.63, 3.8) is 0 Å². The number of rotatable bonds is 3. The van der Waals surface area contributed by atoms with Gasteiger partial charge < -0.3 is 4.55 Å². The zero-order chi connectivity index (χ0) is 6.57. The maximum absolute atomic E-state index is 9.82. The molecule has 50 valence electrons. The van der Waals surface area contributed by atoms with Gasteiger partial charge >= 0.3 is 0 Å². The first-order valence-corrected chi connectivity index (χ1v) is 3.67. The summed E-state index contributed by atoms with van der Waals surface area (Å²) in [5.74, 6) is 0.206. The van der Waals surface area contributed by atoms with Crippen LogP contribution in [-0.2, 0) is 11.3 Å². The Balaban J connectivity index is 3.32. The molecular weight excluding hydrogens is 173 g/mol. The summed E-state index contributed by atoms with van der Waals surface area (Å²) < 4.78 is 20.3. The van der Waals surface area contributed by atoms with Gasteiger partial charge in [-0.3, -0.25) is 4.21 Å². The van der Waals surface area contributed by atoms with Crippen LogP contribution in [0.3, 0.4) is 0 Å². The summed E-state index contributed by atoms with van der Waals surface area (Å²) in [7, 11) is 0. The molecule has 0 aromatic rings. The quantitative estimate of drug-likeness (QED) is 0.357. The Morgan fingerprint density at radius 1 is 1.75 bits per heavy atom. The van der Waals surface area contributed by atoms with Crippen molar-refractivity contribution in [3.8, 4) is 0 Å². The van der Waals surface area contributed by atoms with Crippen LogP contribution in [-0.4, -0.2) is 25.0 Å². The number of hydrogen-bond acceptors (Lipinski definition) is 2. The van der Waals surface area contributed by atoms with Crippen molar-refractivity contribution in [2.75, 3.05) is 12.4 Å². The second-order valence-electron chi connectivity index (χ2n) is 0.947. The third-order valence-corrected chi connectivity index (χ3v) is 1.60. The maximum Gasteiger partial charge on any atom is 0.0402 e. The van der Waals surface area contributed by atoms with Gasteiger partial charge in [0.2, 0.25) is 0 Å². The molecule has 6 heteroatoms. The van der Waals surface area contributed by atoms with Crippen LogP contribution in [0.15, 0.2) is 0 Å². The van der Waals surface area contributed by atoms with Crippen molar-refractivity contribution >= 4 is 34.6 Å². The van der Waals surface area contributed by atoms with E-state index in [-0.39, 0.29) is 12.4 Å². The van der Waals surface area contributed by atoms with Gasteiger partial charge in [0.25, 0.3) is 0 Å². The molecule has 0 bridgehead atoms. The third kappa shape index (κ3) is 3.63. The molecule has 0 spiro atoms. The average molecular weight is 177 g/mol. The van der Waals surface area contributed by atoms with E-state index < -0.39 is 11.3 Å². The fourth-order valence-corrected chi connectivity index (χ4v) is 0.822. The van der Waals surface area contributed by atoms with E-state index in [1.54, 1.807) is 0 Å². The monoisotopic (exact) mass is 176 g/mol. The molecule has 0 saturated carbocycles. The van der Waals surface area contributed by atoms with Gasteiger partial charge in [-0.1, -0.05) is 0 Å². The van der Waals surface area contributed by atoms with Gasteiger partial charge in [0.1, 0.15) is 0 Å². The fourth-order valence-electron chi connectivity index (χ4n) is 0.141. The van der Waals surface area contributed by atoms with Crippen molar-refractivity contribution in [3.05, 3.63) is 0 Å². The Kier molecular flexibility index (Phi) is 4.89. The summed E-state index contributed by atoms with van der Waals surface area (Å²) in [4.78, 5) is 0. The van der Waals surface area contributed by atoms with Crippen LogP contribution in [0.25, 0.3) is 0 Å². The molecule has 0 heterocycles. The van der Waals surface area contributed by atoms with Gasteiger partial charge in [-0.2, -0.15) is 0 Å². The van der Waals surface area contributed by atoms with Crippen LogP contribution in [0.1, 0.15) is 0 Å². The topological polar surface area (TPSA) is 43.4 Å². The number of hydrogen-bond donors (Lipinski definition) is 0. The van der Waals surface area contributed by atoms with Crippen LogP contribution in [0.5, 0.6) is 0 Å². The molecule has 0 amide bonds. The zero-order valence-electron chi connectivity index (χ0n) is 3.84. The van der Waals surface area contributed by atoms with E-state index in [9.17, 15) is 8.76 Å². The summed E-state index contributed by atoms with van der Waals surface area (Å²) in [5, 5.41) is 0. The summed E-state index contributed by atoms with van der Waals surface area (Å²) in [6, 6.07) is 0. The van der Waals surface area contributed by atoms with Crippen molar-refractivity contribution in [1.82, 2.24) is 3.82 Å². The Morgan fingerprint density at radius 3 is 2.38 bits per heavy atom. The van der Waals surface area contributed by atoms with Gasteiger partial charge in [-0.05, 0) is 11.8 Å². The van der Waals surface area contributed by atoms with E-state index in [0.29, 0.717) is 3.82 Å². The van der Waals surface area contributed by atoms with Gasteiger partial charge in [0.15, 0.2) is 0 Å². The van der Waals surface area contributed by atoms with Crippen LogP contribution < -0.4 is 0 Å². The number of nitrogens with zero attached hydrogens (tertiary/aromatic N) is 1. The second-order valence-corrected chi connectivity index (χ2v) is 2.81. The minimum absolute atomic E-state index is 0.138. The molecule has 8 heavy (non-hydrogen) atoms. The summed E-state index contributed by atoms with van der Waals surface area (Å²) in [6.45, 7) is 0.138. The highest BCUT2D eigenvalue weighted by Gasteiger charge is 1.95. The second kappa shape index (κ2) is 4.52. The Bertz CT molecular complexity index is 90.1. The maximum atomic E-state index is 9.82. The first-order valence-electron chi connectivity index (χ1n) is 1.77. The van der Waals surface area contributed by atoms with Crippen molar-refractivity contribution in [2.24, 2.45) is 0 Å². The van der Waals surface area contributed by atoms with E-state index in [1.165, 1.54) is 0 Å². The third-order valence-electron chi connectivity index (χ3n) is 0.422. The molecular formula is C2H4Cl2NO2S-. The molecule has 0 aromatic heterocycles. The van der Waals surface area contributed by atoms with Gasteiger partial charge in [0, 0.05) is 23.7 Å². The van der Waals surface area contributed by atoms with Crippen molar-refractivity contribution in [1.29, 1.82) is 0 Å². The first kappa shape index (κ1) is 8.65. The predicted molar refractivity (Wildman–Crippen MR) is 32.2 cm³/mol. The molecule has 0 aliphatic rings. The molecule has 0 aromatic carbocycles. The lowest BCUT2D eigenvalue weighted by atomic mass is 10.8. The molecule has 0 N–H and O–H groups in total.